The highest BCUT2D eigenvalue weighted by atomic mass is 16.7. The van der Waals surface area contributed by atoms with Crippen LogP contribution in [0, 0.1) is 0 Å². The summed E-state index contributed by atoms with van der Waals surface area (Å²) in [7, 11) is 0. The molecule has 2 rings (SSSR count). The van der Waals surface area contributed by atoms with Gasteiger partial charge in [-0.1, -0.05) is 0 Å². The molecule has 0 radical (unpaired) electrons. The molecular formula is C9H13N3O7. The highest BCUT2D eigenvalue weighted by molar-refractivity contribution is 5.41. The fourth-order valence-corrected chi connectivity index (χ4v) is 1.82. The van der Waals surface area contributed by atoms with Crippen LogP contribution in [0.15, 0.2) is 11.0 Å². The molecule has 1 aliphatic heterocycles. The number of ether oxygens (including phenoxy) is 1. The van der Waals surface area contributed by atoms with E-state index in [1.54, 1.807) is 0 Å². The fraction of sp³-hybridized carbons (Fsp3) is 0.556. The molecule has 106 valence electrons. The molecule has 19 heavy (non-hydrogen) atoms. The topological polar surface area (TPSA) is 171 Å². The third-order valence-electron chi connectivity index (χ3n) is 2.88. The number of aliphatic hydroxyl groups is 4. The third-order valence-corrected chi connectivity index (χ3v) is 2.88. The Morgan fingerprint density at radius 2 is 2.16 bits per heavy atom. The second-order valence-electron chi connectivity index (χ2n) is 4.10. The van der Waals surface area contributed by atoms with E-state index in [-0.39, 0.29) is 0 Å². The van der Waals surface area contributed by atoms with Crippen molar-refractivity contribution in [3.8, 4) is 5.75 Å². The van der Waals surface area contributed by atoms with Crippen molar-refractivity contribution in [2.45, 2.75) is 24.2 Å². The molecule has 0 unspecified atom stereocenters. The van der Waals surface area contributed by atoms with E-state index in [4.69, 9.17) is 15.6 Å². The minimum Gasteiger partial charge on any atom is -0.503 e. The fourth-order valence-electron chi connectivity index (χ4n) is 1.82. The van der Waals surface area contributed by atoms with Crippen molar-refractivity contribution in [3.63, 3.8) is 0 Å². The summed E-state index contributed by atoms with van der Waals surface area (Å²) in [5, 5.41) is 47.7. The number of anilines is 1. The Bertz CT molecular complexity index is 547. The second kappa shape index (κ2) is 4.43. The van der Waals surface area contributed by atoms with E-state index in [2.05, 4.69) is 4.98 Å². The Morgan fingerprint density at radius 3 is 2.68 bits per heavy atom. The number of nitrogen functional groups attached to an aromatic ring is 1. The van der Waals surface area contributed by atoms with E-state index in [1.807, 2.05) is 0 Å². The van der Waals surface area contributed by atoms with Crippen molar-refractivity contribution in [1.29, 1.82) is 0 Å². The lowest BCUT2D eigenvalue weighted by molar-refractivity contribution is -0.291. The quantitative estimate of drug-likeness (QED) is 0.317. The molecule has 0 aliphatic carbocycles. The van der Waals surface area contributed by atoms with E-state index in [9.17, 15) is 25.2 Å². The van der Waals surface area contributed by atoms with Gasteiger partial charge < -0.3 is 36.0 Å². The number of nitrogens with two attached hydrogens (primary N) is 1. The van der Waals surface area contributed by atoms with Crippen LogP contribution in [-0.2, 0) is 10.6 Å². The Hall–Kier alpha value is -1.72. The summed E-state index contributed by atoms with van der Waals surface area (Å²) in [6.45, 7) is -0.691. The maximum absolute atomic E-state index is 11.6. The molecule has 7 N–H and O–H groups in total. The van der Waals surface area contributed by atoms with Gasteiger partial charge >= 0.3 is 5.69 Å². The Balaban J connectivity index is 2.52. The van der Waals surface area contributed by atoms with E-state index in [1.165, 1.54) is 0 Å². The van der Waals surface area contributed by atoms with Crippen LogP contribution in [0.5, 0.6) is 5.75 Å². The number of aromatic hydroxyl groups is 1. The Labute approximate surface area is 105 Å². The van der Waals surface area contributed by atoms with Crippen molar-refractivity contribution in [1.82, 2.24) is 9.55 Å². The summed E-state index contributed by atoms with van der Waals surface area (Å²) in [6.07, 6.45) is -4.14. The number of rotatable bonds is 2. The summed E-state index contributed by atoms with van der Waals surface area (Å²) in [4.78, 5) is 14.8. The van der Waals surface area contributed by atoms with Gasteiger partial charge in [0.2, 0.25) is 0 Å². The first-order valence-electron chi connectivity index (χ1n) is 5.27. The van der Waals surface area contributed by atoms with E-state index >= 15 is 0 Å². The smallest absolute Gasteiger partial charge is 0.354 e. The summed E-state index contributed by atoms with van der Waals surface area (Å²) < 4.78 is 5.24. The lowest BCUT2D eigenvalue weighted by Gasteiger charge is -2.27. The third kappa shape index (κ3) is 1.95. The Kier molecular flexibility index (Phi) is 3.20. The van der Waals surface area contributed by atoms with Crippen LogP contribution in [0.2, 0.25) is 0 Å². The maximum Gasteiger partial charge on any atom is 0.354 e. The maximum atomic E-state index is 11.6. The van der Waals surface area contributed by atoms with Gasteiger partial charge in [0, 0.05) is 0 Å². The number of hydrogen-bond acceptors (Lipinski definition) is 9. The molecule has 1 fully saturated rings. The molecule has 0 spiro atoms. The SMILES string of the molecule is Nc1nc(=O)n([C@]2(O)O[C@H](CO)[C@@H](O)[C@H]2O)cc1O. The molecule has 1 aromatic heterocycles. The van der Waals surface area contributed by atoms with Gasteiger partial charge in [-0.2, -0.15) is 4.98 Å². The van der Waals surface area contributed by atoms with Gasteiger partial charge in [0.1, 0.15) is 12.2 Å². The summed E-state index contributed by atoms with van der Waals surface area (Å²) >= 11 is 0. The van der Waals surface area contributed by atoms with Crippen LogP contribution in [0.3, 0.4) is 0 Å². The molecule has 1 aliphatic rings. The zero-order valence-electron chi connectivity index (χ0n) is 9.54. The van der Waals surface area contributed by atoms with E-state index < -0.39 is 48.1 Å². The molecule has 0 aromatic carbocycles. The molecule has 0 saturated carbocycles. The molecule has 4 atom stereocenters. The van der Waals surface area contributed by atoms with Gasteiger partial charge in [-0.15, -0.1) is 0 Å². The minimum atomic E-state index is -2.66. The molecule has 1 aromatic rings. The van der Waals surface area contributed by atoms with Gasteiger partial charge in [0.15, 0.2) is 17.7 Å². The Morgan fingerprint density at radius 1 is 1.53 bits per heavy atom. The minimum absolute atomic E-state index is 0.377. The molecular weight excluding hydrogens is 262 g/mol. The lowest BCUT2D eigenvalue weighted by Crippen LogP contribution is -2.50. The van der Waals surface area contributed by atoms with E-state index in [0.717, 1.165) is 0 Å². The standard InChI is InChI=1S/C9H13N3O7/c10-7-3(14)1-12(8(17)11-7)9(18)6(16)5(15)4(2-13)19-9/h1,4-6,13-16,18H,2H2,(H2,10,11,17)/t4-,5-,6-,9-/m1/s1. The normalized spacial score (nSPS) is 34.6. The number of aromatic nitrogens is 2. The van der Waals surface area contributed by atoms with Gasteiger partial charge in [0.05, 0.1) is 12.8 Å². The first-order chi connectivity index (χ1) is 8.81. The summed E-state index contributed by atoms with van der Waals surface area (Å²) in [5.74, 6) is -3.75. The van der Waals surface area contributed by atoms with Gasteiger partial charge in [-0.3, -0.25) is 0 Å². The van der Waals surface area contributed by atoms with Crippen LogP contribution < -0.4 is 11.4 Å². The van der Waals surface area contributed by atoms with Crippen molar-refractivity contribution in [2.24, 2.45) is 0 Å². The first-order valence-corrected chi connectivity index (χ1v) is 5.27. The predicted molar refractivity (Wildman–Crippen MR) is 58.7 cm³/mol. The van der Waals surface area contributed by atoms with Crippen molar-refractivity contribution in [2.75, 3.05) is 12.3 Å². The van der Waals surface area contributed by atoms with Crippen molar-refractivity contribution < 1.29 is 30.3 Å². The summed E-state index contributed by atoms with van der Waals surface area (Å²) in [6, 6.07) is 0. The van der Waals surface area contributed by atoms with Crippen molar-refractivity contribution >= 4 is 5.82 Å². The molecule has 0 bridgehead atoms. The molecule has 10 nitrogen and oxygen atoms in total. The lowest BCUT2D eigenvalue weighted by atomic mass is 10.1. The summed E-state index contributed by atoms with van der Waals surface area (Å²) in [5.41, 5.74) is 4.09. The van der Waals surface area contributed by atoms with Gasteiger partial charge in [0.25, 0.3) is 5.91 Å². The van der Waals surface area contributed by atoms with Crippen LogP contribution in [0.4, 0.5) is 5.82 Å². The number of nitrogens with zero attached hydrogens (tertiary/aromatic N) is 2. The molecule has 2 heterocycles. The highest BCUT2D eigenvalue weighted by Gasteiger charge is 2.55. The van der Waals surface area contributed by atoms with Crippen LogP contribution in [0.25, 0.3) is 0 Å². The number of hydrogen-bond donors (Lipinski definition) is 6. The highest BCUT2D eigenvalue weighted by Crippen LogP contribution is 2.33. The van der Waals surface area contributed by atoms with Gasteiger partial charge in [-0.05, 0) is 0 Å². The van der Waals surface area contributed by atoms with Crippen molar-refractivity contribution in [3.05, 3.63) is 16.7 Å². The predicted octanol–water partition coefficient (Wildman–Crippen LogP) is -3.75. The zero-order valence-corrected chi connectivity index (χ0v) is 9.54. The monoisotopic (exact) mass is 275 g/mol. The molecule has 0 amide bonds. The molecule has 10 heteroatoms. The zero-order chi connectivity index (χ0) is 14.4. The number of aliphatic hydroxyl groups excluding tert-OH is 3. The average Bonchev–Trinajstić information content (AvgIpc) is 2.59. The molecule has 1 saturated heterocycles. The second-order valence-corrected chi connectivity index (χ2v) is 4.10. The largest absolute Gasteiger partial charge is 0.503 e. The van der Waals surface area contributed by atoms with Gasteiger partial charge in [-0.25, -0.2) is 9.36 Å². The van der Waals surface area contributed by atoms with Crippen LogP contribution >= 0.6 is 0 Å². The van der Waals surface area contributed by atoms with E-state index in [0.29, 0.717) is 10.8 Å². The first kappa shape index (κ1) is 13.7. The van der Waals surface area contributed by atoms with Crippen LogP contribution in [0.1, 0.15) is 0 Å². The van der Waals surface area contributed by atoms with Crippen LogP contribution in [-0.4, -0.2) is 60.0 Å². The average molecular weight is 275 g/mol.